The number of carbonyl (C=O) groups excluding carboxylic acids is 1. The summed E-state index contributed by atoms with van der Waals surface area (Å²) in [5.41, 5.74) is 2.79. The molecule has 0 saturated heterocycles. The van der Waals surface area contributed by atoms with Gasteiger partial charge < -0.3 is 8.98 Å². The predicted molar refractivity (Wildman–Crippen MR) is 118 cm³/mol. The molecule has 0 aromatic carbocycles. The fraction of sp³-hybridized carbons (Fsp3) is 0.318. The van der Waals surface area contributed by atoms with Crippen molar-refractivity contribution in [3.05, 3.63) is 64.7 Å². The Labute approximate surface area is 182 Å². The molecule has 1 fully saturated rings. The van der Waals surface area contributed by atoms with Crippen LogP contribution < -0.4 is 0 Å². The number of rotatable bonds is 8. The van der Waals surface area contributed by atoms with Gasteiger partial charge >= 0.3 is 0 Å². The molecule has 5 rings (SSSR count). The van der Waals surface area contributed by atoms with Crippen molar-refractivity contribution in [2.24, 2.45) is 0 Å². The van der Waals surface area contributed by atoms with Gasteiger partial charge in [-0.25, -0.2) is 0 Å². The quantitative estimate of drug-likeness (QED) is 0.273. The van der Waals surface area contributed by atoms with Crippen LogP contribution in [0.5, 0.6) is 0 Å². The molecule has 4 aromatic rings. The molecule has 4 heterocycles. The van der Waals surface area contributed by atoms with Crippen molar-refractivity contribution in [3.63, 3.8) is 0 Å². The molecule has 0 aliphatic heterocycles. The van der Waals surface area contributed by atoms with Gasteiger partial charge in [0.05, 0.1) is 23.4 Å². The molecular weight excluding hydrogens is 416 g/mol. The van der Waals surface area contributed by atoms with Crippen LogP contribution in [-0.2, 0) is 6.54 Å². The van der Waals surface area contributed by atoms with E-state index < -0.39 is 0 Å². The monoisotopic (exact) mass is 438 g/mol. The molecule has 0 atom stereocenters. The SMILES string of the molecule is Cc1cc(C(=O)CSc2nnc(-c3cccs3)n2C2CC2)c(C)n1Cc1ccco1. The molecular formula is C22H22N4O2S2. The molecule has 1 aliphatic carbocycles. The van der Waals surface area contributed by atoms with Gasteiger partial charge in [0.25, 0.3) is 0 Å². The van der Waals surface area contributed by atoms with E-state index in [0.717, 1.165) is 51.4 Å². The van der Waals surface area contributed by atoms with E-state index >= 15 is 0 Å². The number of carbonyl (C=O) groups is 1. The molecule has 0 N–H and O–H groups in total. The van der Waals surface area contributed by atoms with E-state index in [1.807, 2.05) is 38.1 Å². The summed E-state index contributed by atoms with van der Waals surface area (Å²) in [4.78, 5) is 14.1. The zero-order valence-corrected chi connectivity index (χ0v) is 18.5. The molecule has 0 radical (unpaired) electrons. The molecule has 0 spiro atoms. The Morgan fingerprint density at radius 1 is 1.27 bits per heavy atom. The van der Waals surface area contributed by atoms with Crippen LogP contribution in [0.1, 0.15) is 46.4 Å². The Morgan fingerprint density at radius 3 is 2.83 bits per heavy atom. The highest BCUT2D eigenvalue weighted by atomic mass is 32.2. The number of hydrogen-bond acceptors (Lipinski definition) is 6. The van der Waals surface area contributed by atoms with Crippen molar-refractivity contribution in [2.75, 3.05) is 5.75 Å². The summed E-state index contributed by atoms with van der Waals surface area (Å²) in [6.45, 7) is 4.65. The lowest BCUT2D eigenvalue weighted by Crippen LogP contribution is -2.08. The summed E-state index contributed by atoms with van der Waals surface area (Å²) < 4.78 is 9.81. The van der Waals surface area contributed by atoms with Crippen LogP contribution in [0.3, 0.4) is 0 Å². The summed E-state index contributed by atoms with van der Waals surface area (Å²) in [5, 5.41) is 11.7. The number of furan rings is 1. The van der Waals surface area contributed by atoms with Crippen molar-refractivity contribution >= 4 is 28.9 Å². The second kappa shape index (κ2) is 7.92. The molecule has 154 valence electrons. The lowest BCUT2D eigenvalue weighted by Gasteiger charge is -2.08. The third-order valence-corrected chi connectivity index (χ3v) is 7.23. The van der Waals surface area contributed by atoms with Gasteiger partial charge in [-0.2, -0.15) is 0 Å². The third kappa shape index (κ3) is 3.65. The average molecular weight is 439 g/mol. The normalized spacial score (nSPS) is 13.8. The third-order valence-electron chi connectivity index (χ3n) is 5.42. The molecule has 8 heteroatoms. The van der Waals surface area contributed by atoms with Crippen LogP contribution in [0.2, 0.25) is 0 Å². The van der Waals surface area contributed by atoms with E-state index in [1.165, 1.54) is 11.8 Å². The van der Waals surface area contributed by atoms with Crippen LogP contribution in [-0.4, -0.2) is 30.9 Å². The van der Waals surface area contributed by atoms with Gasteiger partial charge in [0.1, 0.15) is 5.76 Å². The summed E-state index contributed by atoms with van der Waals surface area (Å²) in [7, 11) is 0. The zero-order chi connectivity index (χ0) is 20.7. The Balaban J connectivity index is 1.34. The molecule has 0 unspecified atom stereocenters. The minimum absolute atomic E-state index is 0.113. The largest absolute Gasteiger partial charge is 0.467 e. The number of hydrogen-bond donors (Lipinski definition) is 0. The maximum atomic E-state index is 13.0. The van der Waals surface area contributed by atoms with E-state index in [0.29, 0.717) is 18.3 Å². The highest BCUT2D eigenvalue weighted by Gasteiger charge is 2.30. The topological polar surface area (TPSA) is 65.8 Å². The van der Waals surface area contributed by atoms with Gasteiger partial charge in [-0.15, -0.1) is 21.5 Å². The van der Waals surface area contributed by atoms with Gasteiger partial charge in [0.2, 0.25) is 0 Å². The minimum atomic E-state index is 0.113. The summed E-state index contributed by atoms with van der Waals surface area (Å²) >= 11 is 3.15. The molecule has 1 saturated carbocycles. The van der Waals surface area contributed by atoms with Gasteiger partial charge in [-0.05, 0) is 56.3 Å². The van der Waals surface area contributed by atoms with E-state index in [1.54, 1.807) is 17.6 Å². The number of nitrogens with zero attached hydrogens (tertiary/aromatic N) is 4. The maximum Gasteiger partial charge on any atom is 0.192 e. The zero-order valence-electron chi connectivity index (χ0n) is 16.9. The molecule has 30 heavy (non-hydrogen) atoms. The molecule has 6 nitrogen and oxygen atoms in total. The lowest BCUT2D eigenvalue weighted by atomic mass is 10.2. The first-order chi connectivity index (χ1) is 14.6. The average Bonchev–Trinajstić information content (AvgIpc) is 3.18. The summed E-state index contributed by atoms with van der Waals surface area (Å²) in [5.74, 6) is 2.25. The van der Waals surface area contributed by atoms with E-state index in [9.17, 15) is 4.79 Å². The molecule has 1 aliphatic rings. The Kier molecular flexibility index (Phi) is 5.12. The summed E-state index contributed by atoms with van der Waals surface area (Å²) in [6, 6.07) is 10.4. The number of thioether (sulfide) groups is 1. The number of aromatic nitrogens is 4. The van der Waals surface area contributed by atoms with Crippen LogP contribution in [0.15, 0.2) is 51.5 Å². The Bertz CT molecular complexity index is 1170. The molecule has 0 amide bonds. The van der Waals surface area contributed by atoms with Crippen molar-refractivity contribution in [1.29, 1.82) is 0 Å². The first kappa shape index (κ1) is 19.4. The van der Waals surface area contributed by atoms with E-state index in [-0.39, 0.29) is 5.78 Å². The number of thiophene rings is 1. The van der Waals surface area contributed by atoms with Gasteiger partial charge in [0.15, 0.2) is 16.8 Å². The second-order valence-corrected chi connectivity index (χ2v) is 9.44. The van der Waals surface area contributed by atoms with Crippen LogP contribution in [0.4, 0.5) is 0 Å². The maximum absolute atomic E-state index is 13.0. The first-order valence-corrected chi connectivity index (χ1v) is 11.8. The summed E-state index contributed by atoms with van der Waals surface area (Å²) in [6.07, 6.45) is 3.96. The van der Waals surface area contributed by atoms with Gasteiger partial charge in [-0.1, -0.05) is 17.8 Å². The van der Waals surface area contributed by atoms with E-state index in [4.69, 9.17) is 4.42 Å². The highest BCUT2D eigenvalue weighted by molar-refractivity contribution is 7.99. The van der Waals surface area contributed by atoms with Crippen LogP contribution >= 0.6 is 23.1 Å². The fourth-order valence-electron chi connectivity index (χ4n) is 3.70. The Morgan fingerprint density at radius 2 is 2.13 bits per heavy atom. The van der Waals surface area contributed by atoms with Crippen LogP contribution in [0, 0.1) is 13.8 Å². The first-order valence-electron chi connectivity index (χ1n) is 9.95. The Hall–Kier alpha value is -2.58. The number of aryl methyl sites for hydroxylation is 1. The number of ketones is 1. The van der Waals surface area contributed by atoms with Crippen molar-refractivity contribution in [2.45, 2.75) is 44.4 Å². The van der Waals surface area contributed by atoms with Gasteiger partial charge in [0, 0.05) is 23.0 Å². The molecule has 0 bridgehead atoms. The fourth-order valence-corrected chi connectivity index (χ4v) is 5.30. The predicted octanol–water partition coefficient (Wildman–Crippen LogP) is 5.38. The second-order valence-electron chi connectivity index (χ2n) is 7.55. The minimum Gasteiger partial charge on any atom is -0.467 e. The van der Waals surface area contributed by atoms with Crippen molar-refractivity contribution in [3.8, 4) is 10.7 Å². The smallest absolute Gasteiger partial charge is 0.192 e. The molecule has 4 aromatic heterocycles. The van der Waals surface area contributed by atoms with Gasteiger partial charge in [-0.3, -0.25) is 9.36 Å². The van der Waals surface area contributed by atoms with Crippen LogP contribution in [0.25, 0.3) is 10.7 Å². The number of Topliss-reactive ketones (excluding diaryl/α,β-unsaturated/α-hetero) is 1. The van der Waals surface area contributed by atoms with Crippen molar-refractivity contribution < 1.29 is 9.21 Å². The standard InChI is InChI=1S/C22H22N4O2S2/c1-14-11-18(15(2)25(14)12-17-5-3-9-28-17)19(27)13-30-22-24-23-21(20-6-4-10-29-20)26(22)16-7-8-16/h3-6,9-11,16H,7-8,12-13H2,1-2H3. The lowest BCUT2D eigenvalue weighted by molar-refractivity contribution is 0.102. The van der Waals surface area contributed by atoms with E-state index in [2.05, 4.69) is 30.8 Å². The highest BCUT2D eigenvalue weighted by Crippen LogP contribution is 2.41. The van der Waals surface area contributed by atoms with Crippen molar-refractivity contribution in [1.82, 2.24) is 19.3 Å².